The van der Waals surface area contributed by atoms with Gasteiger partial charge in [0.15, 0.2) is 0 Å². The first-order valence-corrected chi connectivity index (χ1v) is 7.08. The zero-order chi connectivity index (χ0) is 14.3. The summed E-state index contributed by atoms with van der Waals surface area (Å²) in [5.74, 6) is 0.322. The van der Waals surface area contributed by atoms with Crippen molar-refractivity contribution in [1.82, 2.24) is 15.2 Å². The molecule has 1 aromatic rings. The molecule has 1 aliphatic heterocycles. The number of carbonyl (C=O) groups is 2. The number of hydrogen-bond donors (Lipinski definition) is 1. The summed E-state index contributed by atoms with van der Waals surface area (Å²) in [5.41, 5.74) is 2.09. The summed E-state index contributed by atoms with van der Waals surface area (Å²) < 4.78 is 0. The first-order chi connectivity index (χ1) is 9.58. The van der Waals surface area contributed by atoms with Crippen LogP contribution in [0.4, 0.5) is 0 Å². The Labute approximate surface area is 118 Å². The molecule has 0 radical (unpaired) electrons. The minimum Gasteiger partial charge on any atom is -0.342 e. The predicted molar refractivity (Wildman–Crippen MR) is 73.6 cm³/mol. The molecule has 1 aromatic heterocycles. The SMILES string of the molecule is Cc1ccncc1CN1C(=O)C(C2CC2)NC(=O)C1C. The number of nitrogens with one attached hydrogen (secondary N) is 1. The van der Waals surface area contributed by atoms with Crippen LogP contribution in [0.3, 0.4) is 0 Å². The lowest BCUT2D eigenvalue weighted by Crippen LogP contribution is -2.62. The third kappa shape index (κ3) is 2.28. The lowest BCUT2D eigenvalue weighted by molar-refractivity contribution is -0.149. The summed E-state index contributed by atoms with van der Waals surface area (Å²) in [5, 5.41) is 2.86. The van der Waals surface area contributed by atoms with Gasteiger partial charge in [-0.2, -0.15) is 0 Å². The van der Waals surface area contributed by atoms with E-state index in [-0.39, 0.29) is 17.9 Å². The van der Waals surface area contributed by atoms with Gasteiger partial charge in [-0.1, -0.05) is 0 Å². The quantitative estimate of drug-likeness (QED) is 0.894. The average molecular weight is 273 g/mol. The highest BCUT2D eigenvalue weighted by atomic mass is 16.2. The molecule has 2 fully saturated rings. The van der Waals surface area contributed by atoms with E-state index in [1.807, 2.05) is 13.0 Å². The Morgan fingerprint density at radius 2 is 2.15 bits per heavy atom. The maximum absolute atomic E-state index is 12.6. The third-order valence-electron chi connectivity index (χ3n) is 4.28. The molecule has 1 N–H and O–H groups in total. The molecular weight excluding hydrogens is 254 g/mol. The number of pyridine rings is 1. The fraction of sp³-hybridized carbons (Fsp3) is 0.533. The van der Waals surface area contributed by atoms with Gasteiger partial charge < -0.3 is 10.2 Å². The molecule has 1 saturated carbocycles. The number of amides is 2. The van der Waals surface area contributed by atoms with E-state index in [1.165, 1.54) is 0 Å². The largest absolute Gasteiger partial charge is 0.342 e. The van der Waals surface area contributed by atoms with Gasteiger partial charge >= 0.3 is 0 Å². The molecule has 2 heterocycles. The van der Waals surface area contributed by atoms with Gasteiger partial charge in [0.2, 0.25) is 11.8 Å². The molecule has 0 aromatic carbocycles. The molecule has 106 valence electrons. The molecule has 1 saturated heterocycles. The Morgan fingerprint density at radius 1 is 1.40 bits per heavy atom. The van der Waals surface area contributed by atoms with Crippen molar-refractivity contribution < 1.29 is 9.59 Å². The van der Waals surface area contributed by atoms with Gasteiger partial charge in [-0.25, -0.2) is 0 Å². The van der Waals surface area contributed by atoms with E-state index in [2.05, 4.69) is 10.3 Å². The topological polar surface area (TPSA) is 62.3 Å². The predicted octanol–water partition coefficient (Wildman–Crippen LogP) is 1.02. The second-order valence-electron chi connectivity index (χ2n) is 5.77. The van der Waals surface area contributed by atoms with Crippen molar-refractivity contribution in [3.05, 3.63) is 29.6 Å². The van der Waals surface area contributed by atoms with Gasteiger partial charge in [-0.3, -0.25) is 14.6 Å². The van der Waals surface area contributed by atoms with Crippen molar-refractivity contribution in [2.45, 2.75) is 45.3 Å². The minimum atomic E-state index is -0.419. The van der Waals surface area contributed by atoms with E-state index in [4.69, 9.17) is 0 Å². The minimum absolute atomic E-state index is 0.0443. The van der Waals surface area contributed by atoms with E-state index in [1.54, 1.807) is 24.2 Å². The molecule has 2 unspecified atom stereocenters. The van der Waals surface area contributed by atoms with Gasteiger partial charge in [-0.15, -0.1) is 0 Å². The van der Waals surface area contributed by atoms with Crippen LogP contribution in [0.1, 0.15) is 30.9 Å². The Hall–Kier alpha value is -1.91. The Kier molecular flexibility index (Phi) is 3.20. The van der Waals surface area contributed by atoms with Crippen molar-refractivity contribution in [3.63, 3.8) is 0 Å². The summed E-state index contributed by atoms with van der Waals surface area (Å²) in [4.78, 5) is 30.4. The Bertz CT molecular complexity index is 554. The van der Waals surface area contributed by atoms with E-state index >= 15 is 0 Å². The van der Waals surface area contributed by atoms with Crippen LogP contribution in [0.2, 0.25) is 0 Å². The van der Waals surface area contributed by atoms with Crippen molar-refractivity contribution in [2.24, 2.45) is 5.92 Å². The third-order valence-corrected chi connectivity index (χ3v) is 4.28. The number of carbonyl (C=O) groups excluding carboxylic acids is 2. The summed E-state index contributed by atoms with van der Waals surface area (Å²) in [7, 11) is 0. The van der Waals surface area contributed by atoms with Crippen LogP contribution < -0.4 is 5.32 Å². The van der Waals surface area contributed by atoms with Crippen LogP contribution in [0, 0.1) is 12.8 Å². The van der Waals surface area contributed by atoms with Crippen LogP contribution in [-0.2, 0) is 16.1 Å². The first-order valence-electron chi connectivity index (χ1n) is 7.08. The van der Waals surface area contributed by atoms with Crippen LogP contribution in [0.5, 0.6) is 0 Å². The lowest BCUT2D eigenvalue weighted by Gasteiger charge is -2.37. The molecule has 5 heteroatoms. The van der Waals surface area contributed by atoms with Crippen molar-refractivity contribution in [1.29, 1.82) is 0 Å². The number of piperazine rings is 1. The Balaban J connectivity index is 1.83. The van der Waals surface area contributed by atoms with E-state index in [0.717, 1.165) is 24.0 Å². The highest BCUT2D eigenvalue weighted by Gasteiger charge is 2.45. The molecule has 0 bridgehead atoms. The van der Waals surface area contributed by atoms with Crippen LogP contribution >= 0.6 is 0 Å². The molecule has 3 rings (SSSR count). The highest BCUT2D eigenvalue weighted by Crippen LogP contribution is 2.35. The summed E-state index contributed by atoms with van der Waals surface area (Å²) in [6.07, 6.45) is 5.57. The molecule has 1 aliphatic carbocycles. The molecule has 5 nitrogen and oxygen atoms in total. The maximum Gasteiger partial charge on any atom is 0.246 e. The first kappa shape index (κ1) is 13.1. The second kappa shape index (κ2) is 4.89. The zero-order valence-corrected chi connectivity index (χ0v) is 11.8. The second-order valence-corrected chi connectivity index (χ2v) is 5.77. The van der Waals surface area contributed by atoms with Crippen LogP contribution in [-0.4, -0.2) is 33.8 Å². The van der Waals surface area contributed by atoms with Gasteiger partial charge in [0, 0.05) is 18.9 Å². The molecule has 2 atom stereocenters. The fourth-order valence-corrected chi connectivity index (χ4v) is 2.66. The van der Waals surface area contributed by atoms with E-state index in [0.29, 0.717) is 12.5 Å². The fourth-order valence-electron chi connectivity index (χ4n) is 2.66. The normalized spacial score (nSPS) is 26.6. The number of aromatic nitrogens is 1. The molecule has 20 heavy (non-hydrogen) atoms. The van der Waals surface area contributed by atoms with Crippen LogP contribution in [0.15, 0.2) is 18.5 Å². The lowest BCUT2D eigenvalue weighted by atomic mass is 10.0. The summed E-state index contributed by atoms with van der Waals surface area (Å²) in [6, 6.07) is 1.18. The average Bonchev–Trinajstić information content (AvgIpc) is 3.25. The van der Waals surface area contributed by atoms with Crippen molar-refractivity contribution in [3.8, 4) is 0 Å². The molecule has 2 aliphatic rings. The van der Waals surface area contributed by atoms with Gasteiger partial charge in [0.05, 0.1) is 0 Å². The zero-order valence-electron chi connectivity index (χ0n) is 11.8. The van der Waals surface area contributed by atoms with E-state index in [9.17, 15) is 9.59 Å². The summed E-state index contributed by atoms with van der Waals surface area (Å²) >= 11 is 0. The summed E-state index contributed by atoms with van der Waals surface area (Å²) in [6.45, 7) is 4.23. The van der Waals surface area contributed by atoms with Gasteiger partial charge in [-0.05, 0) is 49.8 Å². The van der Waals surface area contributed by atoms with Gasteiger partial charge in [0.1, 0.15) is 12.1 Å². The monoisotopic (exact) mass is 273 g/mol. The maximum atomic E-state index is 12.6. The number of aryl methyl sites for hydroxylation is 1. The molecule has 2 amide bonds. The van der Waals surface area contributed by atoms with Crippen LogP contribution in [0.25, 0.3) is 0 Å². The number of nitrogens with zero attached hydrogens (tertiary/aromatic N) is 2. The molecular formula is C15H19N3O2. The number of rotatable bonds is 3. The standard InChI is InChI=1S/C15H19N3O2/c1-9-5-6-16-7-12(9)8-18-10(2)14(19)17-13(15(18)20)11-3-4-11/h5-7,10-11,13H,3-4,8H2,1-2H3,(H,17,19). The Morgan fingerprint density at radius 3 is 2.80 bits per heavy atom. The van der Waals surface area contributed by atoms with E-state index < -0.39 is 6.04 Å². The number of hydrogen-bond acceptors (Lipinski definition) is 3. The molecule has 0 spiro atoms. The van der Waals surface area contributed by atoms with Crippen molar-refractivity contribution in [2.75, 3.05) is 0 Å². The highest BCUT2D eigenvalue weighted by molar-refractivity contribution is 5.97. The van der Waals surface area contributed by atoms with Gasteiger partial charge in [0.25, 0.3) is 0 Å². The smallest absolute Gasteiger partial charge is 0.246 e. The van der Waals surface area contributed by atoms with Crippen molar-refractivity contribution >= 4 is 11.8 Å².